The first-order valence-corrected chi connectivity index (χ1v) is 11.5. The smallest absolute Gasteiger partial charge is 0.229 e. The molecule has 0 aromatic carbocycles. The lowest BCUT2D eigenvalue weighted by Gasteiger charge is -2.31. The van der Waals surface area contributed by atoms with Crippen LogP contribution in [-0.4, -0.2) is 68.5 Å². The number of amides is 1. The minimum absolute atomic E-state index is 0.0154. The molecule has 1 amide bonds. The van der Waals surface area contributed by atoms with Crippen LogP contribution in [-0.2, 0) is 9.53 Å². The van der Waals surface area contributed by atoms with Crippen molar-refractivity contribution in [3.63, 3.8) is 0 Å². The average Bonchev–Trinajstić information content (AvgIpc) is 3.18. The van der Waals surface area contributed by atoms with Crippen molar-refractivity contribution in [2.75, 3.05) is 13.7 Å². The van der Waals surface area contributed by atoms with Gasteiger partial charge in [-0.15, -0.1) is 0 Å². The van der Waals surface area contributed by atoms with Gasteiger partial charge in [0.05, 0.1) is 6.61 Å². The second-order valence-electron chi connectivity index (χ2n) is 9.32. The Morgan fingerprint density at radius 2 is 1.75 bits per heavy atom. The van der Waals surface area contributed by atoms with Gasteiger partial charge in [-0.3, -0.25) is 15.5 Å². The first-order valence-electron chi connectivity index (χ1n) is 11.5. The van der Waals surface area contributed by atoms with Crippen LogP contribution in [0.25, 0.3) is 0 Å². The fourth-order valence-electron chi connectivity index (χ4n) is 4.83. The number of carbonyl (C=O) groups excluding carboxylic acids is 1. The number of nitrogens with one attached hydrogen (secondary N) is 4. The van der Waals surface area contributed by atoms with Crippen molar-refractivity contribution >= 4 is 11.9 Å². The summed E-state index contributed by atoms with van der Waals surface area (Å²) in [7, 11) is 1.55. The first-order chi connectivity index (χ1) is 15.2. The molecule has 4 N–H and O–H groups in total. The molecule has 3 aliphatic rings. The lowest BCUT2D eigenvalue weighted by molar-refractivity contribution is -0.125. The number of alkyl halides is 4. The second kappa shape index (κ2) is 11.6. The van der Waals surface area contributed by atoms with E-state index in [1.165, 1.54) is 0 Å². The topological polar surface area (TPSA) is 86.8 Å². The number of hydrogen-bond donors (Lipinski definition) is 4. The van der Waals surface area contributed by atoms with E-state index in [1.807, 2.05) is 6.92 Å². The van der Waals surface area contributed by atoms with Crippen molar-refractivity contribution in [3.8, 4) is 0 Å². The monoisotopic (exact) mass is 465 g/mol. The van der Waals surface area contributed by atoms with E-state index in [1.54, 1.807) is 7.11 Å². The summed E-state index contributed by atoms with van der Waals surface area (Å²) in [4.78, 5) is 17.2. The predicted octanol–water partition coefficient (Wildman–Crippen LogP) is 2.23. The summed E-state index contributed by atoms with van der Waals surface area (Å²) < 4.78 is 59.9. The van der Waals surface area contributed by atoms with Crippen LogP contribution in [0.2, 0.25) is 0 Å². The molecular weight excluding hydrogens is 430 g/mol. The van der Waals surface area contributed by atoms with Crippen molar-refractivity contribution in [1.29, 1.82) is 0 Å². The van der Waals surface area contributed by atoms with E-state index in [-0.39, 0.29) is 49.6 Å². The number of rotatable bonds is 6. The molecule has 7 nitrogen and oxygen atoms in total. The summed E-state index contributed by atoms with van der Waals surface area (Å²) in [6.45, 7) is 2.22. The molecule has 0 aromatic rings. The van der Waals surface area contributed by atoms with Crippen LogP contribution in [0.5, 0.6) is 0 Å². The molecule has 8 atom stereocenters. The molecule has 2 aliphatic carbocycles. The van der Waals surface area contributed by atoms with Gasteiger partial charge < -0.3 is 10.1 Å². The van der Waals surface area contributed by atoms with Crippen molar-refractivity contribution in [1.82, 2.24) is 21.5 Å². The third-order valence-corrected chi connectivity index (χ3v) is 6.50. The van der Waals surface area contributed by atoms with Gasteiger partial charge in [0.1, 0.15) is 30.9 Å². The first kappa shape index (κ1) is 25.2. The third-order valence-electron chi connectivity index (χ3n) is 6.50. The van der Waals surface area contributed by atoms with Crippen molar-refractivity contribution in [2.45, 2.75) is 94.8 Å². The summed E-state index contributed by atoms with van der Waals surface area (Å²) in [5.74, 6) is -0.981. The number of carbonyl (C=O) groups is 1. The van der Waals surface area contributed by atoms with Crippen molar-refractivity contribution in [2.24, 2.45) is 16.8 Å². The summed E-state index contributed by atoms with van der Waals surface area (Å²) in [6.07, 6.45) is -4.66. The van der Waals surface area contributed by atoms with Crippen LogP contribution in [0.15, 0.2) is 4.99 Å². The molecule has 0 radical (unpaired) electrons. The molecule has 0 bridgehead atoms. The Balaban J connectivity index is 1.62. The van der Waals surface area contributed by atoms with Crippen LogP contribution in [0, 0.1) is 11.8 Å². The third kappa shape index (κ3) is 7.02. The molecule has 11 heteroatoms. The van der Waals surface area contributed by atoms with E-state index in [2.05, 4.69) is 26.5 Å². The van der Waals surface area contributed by atoms with E-state index in [0.717, 1.165) is 0 Å². The molecule has 2 saturated carbocycles. The van der Waals surface area contributed by atoms with Gasteiger partial charge in [0.15, 0.2) is 5.96 Å². The zero-order chi connectivity index (χ0) is 23.3. The molecular formula is C21H35F4N5O2. The number of methoxy groups -OCH3 is 1. The molecule has 7 unspecified atom stereocenters. The largest absolute Gasteiger partial charge is 0.383 e. The standard InChI is InChI=1S/C21H35F4N5O2/c1-11(10-32-2)26-21(28-20(31)12-3-4-16(24)17(25)7-12)27-19-9-18(29-30-19)13-5-14(22)8-15(23)6-13/h11-19,29-30H,3-10H2,1-2H3,(H2,26,27,28,31)/t11-,12?,13?,14?,15?,16?,17?,18?,19?/m0/s1. The highest BCUT2D eigenvalue weighted by Crippen LogP contribution is 2.33. The van der Waals surface area contributed by atoms with E-state index in [4.69, 9.17) is 4.74 Å². The van der Waals surface area contributed by atoms with Crippen molar-refractivity contribution in [3.05, 3.63) is 0 Å². The van der Waals surface area contributed by atoms with Crippen LogP contribution in [0.1, 0.15) is 51.9 Å². The minimum Gasteiger partial charge on any atom is -0.383 e. The summed E-state index contributed by atoms with van der Waals surface area (Å²) in [5, 5.41) is 5.80. The molecule has 3 fully saturated rings. The van der Waals surface area contributed by atoms with Crippen LogP contribution >= 0.6 is 0 Å². The van der Waals surface area contributed by atoms with E-state index >= 15 is 0 Å². The highest BCUT2D eigenvalue weighted by Gasteiger charge is 2.38. The Kier molecular flexibility index (Phi) is 9.13. The van der Waals surface area contributed by atoms with Gasteiger partial charge in [-0.05, 0) is 44.9 Å². The molecule has 184 valence electrons. The van der Waals surface area contributed by atoms with E-state index in [0.29, 0.717) is 25.9 Å². The van der Waals surface area contributed by atoms with E-state index in [9.17, 15) is 22.4 Å². The average molecular weight is 466 g/mol. The highest BCUT2D eigenvalue weighted by molar-refractivity contribution is 5.98. The normalized spacial score (nSPS) is 39.5. The maximum absolute atomic E-state index is 13.8. The van der Waals surface area contributed by atoms with Crippen LogP contribution in [0.4, 0.5) is 17.6 Å². The second-order valence-corrected chi connectivity index (χ2v) is 9.32. The number of guanidine groups is 1. The Bertz CT molecular complexity index is 648. The SMILES string of the molecule is COC[C@H](C)N/C(=N\C1CC(C2CC(F)CC(F)C2)NN1)NC(=O)C1CCC(F)C(F)C1. The zero-order valence-electron chi connectivity index (χ0n) is 18.6. The maximum Gasteiger partial charge on any atom is 0.229 e. The molecule has 32 heavy (non-hydrogen) atoms. The zero-order valence-corrected chi connectivity index (χ0v) is 18.6. The number of aliphatic imine (C=N–C) groups is 1. The molecule has 1 aliphatic heterocycles. The number of hydrazine groups is 1. The number of ether oxygens (including phenoxy) is 1. The molecule has 1 heterocycles. The Morgan fingerprint density at radius 3 is 2.41 bits per heavy atom. The predicted molar refractivity (Wildman–Crippen MR) is 113 cm³/mol. The summed E-state index contributed by atoms with van der Waals surface area (Å²) in [6, 6.07) is -0.307. The number of nitrogens with zero attached hydrogens (tertiary/aromatic N) is 1. The highest BCUT2D eigenvalue weighted by atomic mass is 19.2. The van der Waals surface area contributed by atoms with E-state index < -0.39 is 42.7 Å². The van der Waals surface area contributed by atoms with Gasteiger partial charge >= 0.3 is 0 Å². The Morgan fingerprint density at radius 1 is 1.03 bits per heavy atom. The van der Waals surface area contributed by atoms with Crippen LogP contribution in [0.3, 0.4) is 0 Å². The summed E-state index contributed by atoms with van der Waals surface area (Å²) in [5.41, 5.74) is 6.10. The lowest BCUT2D eigenvalue weighted by Crippen LogP contribution is -2.50. The van der Waals surface area contributed by atoms with Gasteiger partial charge in [-0.2, -0.15) is 0 Å². The fraction of sp³-hybridized carbons (Fsp3) is 0.905. The van der Waals surface area contributed by atoms with Gasteiger partial charge in [-0.25, -0.2) is 28.0 Å². The fourth-order valence-corrected chi connectivity index (χ4v) is 4.83. The number of halogens is 4. The molecule has 0 spiro atoms. The maximum atomic E-state index is 13.8. The van der Waals surface area contributed by atoms with Crippen molar-refractivity contribution < 1.29 is 27.1 Å². The van der Waals surface area contributed by atoms with Gasteiger partial charge in [0.2, 0.25) is 5.91 Å². The molecule has 1 saturated heterocycles. The van der Waals surface area contributed by atoms with Gasteiger partial charge in [-0.1, -0.05) is 0 Å². The summed E-state index contributed by atoms with van der Waals surface area (Å²) >= 11 is 0. The Labute approximate surface area is 186 Å². The molecule has 3 rings (SSSR count). The van der Waals surface area contributed by atoms with Gasteiger partial charge in [0.25, 0.3) is 0 Å². The number of hydrogen-bond acceptors (Lipinski definition) is 5. The van der Waals surface area contributed by atoms with Crippen LogP contribution < -0.4 is 21.5 Å². The lowest BCUT2D eigenvalue weighted by atomic mass is 9.81. The quantitative estimate of drug-likeness (QED) is 0.275. The van der Waals surface area contributed by atoms with Gasteiger partial charge in [0, 0.05) is 38.0 Å². The molecule has 0 aromatic heterocycles. The minimum atomic E-state index is -1.64. The Hall–Kier alpha value is -1.46.